The molecule has 0 unspecified atom stereocenters. The van der Waals surface area contributed by atoms with Crippen LogP contribution in [0.25, 0.3) is 0 Å². The number of thiazole rings is 1. The van der Waals surface area contributed by atoms with E-state index in [4.69, 9.17) is 16.3 Å². The van der Waals surface area contributed by atoms with E-state index in [-0.39, 0.29) is 11.9 Å². The lowest BCUT2D eigenvalue weighted by Gasteiger charge is -2.08. The van der Waals surface area contributed by atoms with Crippen LogP contribution in [0.2, 0.25) is 5.02 Å². The van der Waals surface area contributed by atoms with E-state index >= 15 is 0 Å². The Bertz CT molecular complexity index is 1050. The van der Waals surface area contributed by atoms with Gasteiger partial charge in [-0.15, -0.1) is 0 Å². The maximum atomic E-state index is 12.5. The molecular formula is C19H18ClN5O3S. The summed E-state index contributed by atoms with van der Waals surface area (Å²) in [6, 6.07) is 6.79. The number of nitrogens with one attached hydrogen (secondary N) is 2. The van der Waals surface area contributed by atoms with E-state index in [1.54, 1.807) is 45.0 Å². The number of rotatable bonds is 6. The van der Waals surface area contributed by atoms with Crippen LogP contribution in [0.5, 0.6) is 0 Å². The first-order valence-electron chi connectivity index (χ1n) is 8.69. The van der Waals surface area contributed by atoms with E-state index < -0.39 is 5.97 Å². The Morgan fingerprint density at radius 3 is 2.52 bits per heavy atom. The summed E-state index contributed by atoms with van der Waals surface area (Å²) in [4.78, 5) is 37.6. The summed E-state index contributed by atoms with van der Waals surface area (Å²) >= 11 is 7.00. The normalized spacial score (nSPS) is 10.5. The van der Waals surface area contributed by atoms with Crippen LogP contribution >= 0.6 is 22.9 Å². The molecule has 0 spiro atoms. The minimum absolute atomic E-state index is 0.273. The molecule has 0 aliphatic carbocycles. The van der Waals surface area contributed by atoms with Gasteiger partial charge in [-0.1, -0.05) is 22.9 Å². The first-order chi connectivity index (χ1) is 13.9. The number of aryl methyl sites for hydroxylation is 2. The molecule has 0 aliphatic heterocycles. The number of benzene rings is 1. The Balaban J connectivity index is 1.72. The van der Waals surface area contributed by atoms with Gasteiger partial charge in [-0.05, 0) is 45.0 Å². The number of esters is 1. The number of amides is 1. The monoisotopic (exact) mass is 431 g/mol. The molecule has 2 N–H and O–H groups in total. The van der Waals surface area contributed by atoms with E-state index in [9.17, 15) is 9.59 Å². The number of carbonyl (C=O) groups is 2. The third-order valence-electron chi connectivity index (χ3n) is 3.80. The van der Waals surface area contributed by atoms with Crippen LogP contribution in [0.15, 0.2) is 30.5 Å². The first-order valence-corrected chi connectivity index (χ1v) is 9.89. The van der Waals surface area contributed by atoms with E-state index in [0.29, 0.717) is 44.3 Å². The molecule has 29 heavy (non-hydrogen) atoms. The van der Waals surface area contributed by atoms with E-state index in [1.165, 1.54) is 6.20 Å². The zero-order valence-electron chi connectivity index (χ0n) is 15.9. The highest BCUT2D eigenvalue weighted by atomic mass is 35.5. The van der Waals surface area contributed by atoms with E-state index in [1.807, 2.05) is 0 Å². The number of carbonyl (C=O) groups excluding carboxylic acids is 2. The highest BCUT2D eigenvalue weighted by molar-refractivity contribution is 7.17. The Morgan fingerprint density at radius 2 is 1.86 bits per heavy atom. The third kappa shape index (κ3) is 5.07. The van der Waals surface area contributed by atoms with Gasteiger partial charge in [-0.3, -0.25) is 4.79 Å². The second kappa shape index (κ2) is 8.97. The van der Waals surface area contributed by atoms with Crippen molar-refractivity contribution in [1.82, 2.24) is 15.0 Å². The van der Waals surface area contributed by atoms with Crippen LogP contribution in [-0.2, 0) is 4.74 Å². The van der Waals surface area contributed by atoms with Gasteiger partial charge in [0.25, 0.3) is 5.91 Å². The predicted molar refractivity (Wildman–Crippen MR) is 112 cm³/mol. The molecule has 0 atom stereocenters. The van der Waals surface area contributed by atoms with Gasteiger partial charge >= 0.3 is 5.97 Å². The highest BCUT2D eigenvalue weighted by Gasteiger charge is 2.18. The van der Waals surface area contributed by atoms with Crippen LogP contribution in [0, 0.1) is 13.8 Å². The van der Waals surface area contributed by atoms with Gasteiger partial charge in [0, 0.05) is 16.9 Å². The van der Waals surface area contributed by atoms with Crippen molar-refractivity contribution in [1.29, 1.82) is 0 Å². The standard InChI is InChI=1S/C19H18ClN5O3S/c1-4-28-17(27)15-11(3)23-19(29-15)25-18-21-9-14(10(2)22-18)16(26)24-13-7-5-12(20)6-8-13/h5-9H,4H2,1-3H3,(H,24,26)(H,21,22,23,25). The van der Waals surface area contributed by atoms with Gasteiger partial charge in [-0.25, -0.2) is 19.7 Å². The zero-order valence-corrected chi connectivity index (χ0v) is 17.5. The van der Waals surface area contributed by atoms with Crippen LogP contribution in [0.1, 0.15) is 38.3 Å². The largest absolute Gasteiger partial charge is 0.462 e. The molecule has 0 bridgehead atoms. The van der Waals surface area contributed by atoms with Crippen molar-refractivity contribution < 1.29 is 14.3 Å². The second-order valence-electron chi connectivity index (χ2n) is 5.93. The minimum atomic E-state index is -0.415. The van der Waals surface area contributed by atoms with Gasteiger partial charge in [0.05, 0.1) is 23.6 Å². The zero-order chi connectivity index (χ0) is 21.0. The molecule has 8 nitrogen and oxygen atoms in total. The third-order valence-corrected chi connectivity index (χ3v) is 5.11. The molecule has 0 aliphatic rings. The fourth-order valence-electron chi connectivity index (χ4n) is 2.41. The maximum Gasteiger partial charge on any atom is 0.350 e. The molecular weight excluding hydrogens is 414 g/mol. The molecule has 3 rings (SSSR count). The number of hydrogen-bond acceptors (Lipinski definition) is 8. The van der Waals surface area contributed by atoms with Crippen molar-refractivity contribution in [2.75, 3.05) is 17.2 Å². The lowest BCUT2D eigenvalue weighted by atomic mass is 10.2. The summed E-state index contributed by atoms with van der Waals surface area (Å²) in [6.45, 7) is 5.47. The lowest BCUT2D eigenvalue weighted by molar-refractivity contribution is 0.0531. The van der Waals surface area contributed by atoms with Gasteiger partial charge < -0.3 is 15.4 Å². The molecule has 2 heterocycles. The number of anilines is 3. The first kappa shape index (κ1) is 20.7. The Morgan fingerprint density at radius 1 is 1.14 bits per heavy atom. The van der Waals surface area contributed by atoms with Gasteiger partial charge in [0.1, 0.15) is 4.88 Å². The smallest absolute Gasteiger partial charge is 0.350 e. The summed E-state index contributed by atoms with van der Waals surface area (Å²) in [7, 11) is 0. The summed E-state index contributed by atoms with van der Waals surface area (Å²) in [6.07, 6.45) is 1.43. The van der Waals surface area contributed by atoms with Crippen molar-refractivity contribution >= 4 is 51.6 Å². The van der Waals surface area contributed by atoms with Gasteiger partial charge in [0.2, 0.25) is 5.95 Å². The quantitative estimate of drug-likeness (QED) is 0.558. The van der Waals surface area contributed by atoms with Crippen LogP contribution in [-0.4, -0.2) is 33.4 Å². The van der Waals surface area contributed by atoms with Crippen molar-refractivity contribution in [3.63, 3.8) is 0 Å². The van der Waals surface area contributed by atoms with Gasteiger partial charge in [0.15, 0.2) is 5.13 Å². The Hall–Kier alpha value is -3.04. The molecule has 1 aromatic carbocycles. The number of aromatic nitrogens is 3. The summed E-state index contributed by atoms with van der Waals surface area (Å²) < 4.78 is 5.01. The Kier molecular flexibility index (Phi) is 6.40. The molecule has 3 aromatic rings. The van der Waals surface area contributed by atoms with E-state index in [2.05, 4.69) is 25.6 Å². The summed E-state index contributed by atoms with van der Waals surface area (Å²) in [5, 5.41) is 6.77. The van der Waals surface area contributed by atoms with Crippen molar-refractivity contribution in [3.8, 4) is 0 Å². The minimum Gasteiger partial charge on any atom is -0.462 e. The molecule has 0 radical (unpaired) electrons. The fourth-order valence-corrected chi connectivity index (χ4v) is 3.39. The summed E-state index contributed by atoms with van der Waals surface area (Å²) in [5.74, 6) is -0.470. The van der Waals surface area contributed by atoms with Crippen molar-refractivity contribution in [2.45, 2.75) is 20.8 Å². The van der Waals surface area contributed by atoms with E-state index in [0.717, 1.165) is 11.3 Å². The fraction of sp³-hybridized carbons (Fsp3) is 0.211. The molecule has 0 saturated carbocycles. The predicted octanol–water partition coefficient (Wildman–Crippen LogP) is 4.38. The number of halogens is 1. The van der Waals surface area contributed by atoms with Crippen LogP contribution in [0.4, 0.5) is 16.8 Å². The topological polar surface area (TPSA) is 106 Å². The maximum absolute atomic E-state index is 12.5. The molecule has 0 saturated heterocycles. The highest BCUT2D eigenvalue weighted by Crippen LogP contribution is 2.25. The Labute approximate surface area is 176 Å². The number of hydrogen-bond donors (Lipinski definition) is 2. The number of nitrogens with zero attached hydrogens (tertiary/aromatic N) is 3. The molecule has 0 fully saturated rings. The molecule has 10 heteroatoms. The number of ether oxygens (including phenoxy) is 1. The second-order valence-corrected chi connectivity index (χ2v) is 7.37. The average Bonchev–Trinajstić information content (AvgIpc) is 3.04. The van der Waals surface area contributed by atoms with Crippen molar-refractivity contribution in [3.05, 3.63) is 57.3 Å². The van der Waals surface area contributed by atoms with Gasteiger partial charge in [-0.2, -0.15) is 0 Å². The molecule has 150 valence electrons. The molecule has 2 aromatic heterocycles. The average molecular weight is 432 g/mol. The SMILES string of the molecule is CCOC(=O)c1sc(Nc2ncc(C(=O)Nc3ccc(Cl)cc3)c(C)n2)nc1C. The lowest BCUT2D eigenvalue weighted by Crippen LogP contribution is -2.15. The molecule has 1 amide bonds. The van der Waals surface area contributed by atoms with Crippen LogP contribution in [0.3, 0.4) is 0 Å². The summed E-state index contributed by atoms with van der Waals surface area (Å²) in [5.41, 5.74) is 2.01. The van der Waals surface area contributed by atoms with Crippen molar-refractivity contribution in [2.24, 2.45) is 0 Å². The van der Waals surface area contributed by atoms with Crippen LogP contribution < -0.4 is 10.6 Å².